The lowest BCUT2D eigenvalue weighted by Crippen LogP contribution is -2.67. The van der Waals surface area contributed by atoms with Crippen LogP contribution in [0.4, 0.5) is 0 Å². The van der Waals surface area contributed by atoms with Gasteiger partial charge in [0.05, 0.1) is 18.8 Å². The molecule has 160 valence electrons. The van der Waals surface area contributed by atoms with Crippen LogP contribution in [0.25, 0.3) is 11.4 Å². The predicted molar refractivity (Wildman–Crippen MR) is 110 cm³/mol. The third kappa shape index (κ3) is 3.09. The Morgan fingerprint density at radius 2 is 2.00 bits per heavy atom. The summed E-state index contributed by atoms with van der Waals surface area (Å²) in [6.07, 6.45) is 3.64. The molecular weight excluding hydrogens is 420 g/mol. The highest BCUT2D eigenvalue weighted by atomic mass is 32.2. The van der Waals surface area contributed by atoms with Gasteiger partial charge in [0.15, 0.2) is 9.84 Å². The molecule has 1 atom stereocenters. The average Bonchev–Trinajstić information content (AvgIpc) is 3.35. The van der Waals surface area contributed by atoms with E-state index in [0.29, 0.717) is 29.4 Å². The van der Waals surface area contributed by atoms with E-state index in [2.05, 4.69) is 15.1 Å². The van der Waals surface area contributed by atoms with E-state index in [0.717, 1.165) is 5.56 Å². The van der Waals surface area contributed by atoms with Crippen LogP contribution in [0.3, 0.4) is 0 Å². The summed E-state index contributed by atoms with van der Waals surface area (Å²) in [5, 5.41) is 4.02. The first-order chi connectivity index (χ1) is 14.9. The molecule has 1 spiro atoms. The van der Waals surface area contributed by atoms with Gasteiger partial charge >= 0.3 is 0 Å². The molecule has 0 radical (unpaired) electrons. The Hall–Kier alpha value is -3.27. The van der Waals surface area contributed by atoms with Crippen LogP contribution in [0.1, 0.15) is 28.6 Å². The molecule has 1 unspecified atom stereocenters. The van der Waals surface area contributed by atoms with Crippen LogP contribution in [-0.2, 0) is 9.84 Å². The van der Waals surface area contributed by atoms with Crippen molar-refractivity contribution in [2.45, 2.75) is 17.1 Å². The van der Waals surface area contributed by atoms with Crippen LogP contribution in [0.2, 0.25) is 0 Å². The summed E-state index contributed by atoms with van der Waals surface area (Å²) in [5.41, 5.74) is 1.20. The third-order valence-electron chi connectivity index (χ3n) is 6.13. The number of nitrogens with zero attached hydrogens (tertiary/aromatic N) is 4. The average molecular weight is 440 g/mol. The number of likely N-dealkylation sites (tertiary alicyclic amines) is 1. The number of methoxy groups -OCH3 is 1. The van der Waals surface area contributed by atoms with Crippen LogP contribution in [0.5, 0.6) is 5.75 Å². The van der Waals surface area contributed by atoms with Gasteiger partial charge in [-0.05, 0) is 36.8 Å². The minimum atomic E-state index is -3.42. The lowest BCUT2D eigenvalue weighted by molar-refractivity contribution is 0.0503. The summed E-state index contributed by atoms with van der Waals surface area (Å²) in [6.45, 7) is 0.200. The summed E-state index contributed by atoms with van der Waals surface area (Å²) in [4.78, 5) is 22.9. The van der Waals surface area contributed by atoms with E-state index in [4.69, 9.17) is 9.26 Å². The number of carbonyl (C=O) groups is 1. The number of ether oxygens (including phenoxy) is 1. The molecule has 31 heavy (non-hydrogen) atoms. The van der Waals surface area contributed by atoms with Crippen molar-refractivity contribution in [3.63, 3.8) is 0 Å². The third-order valence-corrected chi connectivity index (χ3v) is 8.68. The van der Waals surface area contributed by atoms with Crippen LogP contribution >= 0.6 is 0 Å². The highest BCUT2D eigenvalue weighted by Crippen LogP contribution is 2.50. The largest absolute Gasteiger partial charge is 0.497 e. The smallest absolute Gasteiger partial charge is 0.254 e. The highest BCUT2D eigenvalue weighted by Gasteiger charge is 2.64. The van der Waals surface area contributed by atoms with Gasteiger partial charge in [0, 0.05) is 36.6 Å². The first kappa shape index (κ1) is 19.7. The zero-order valence-corrected chi connectivity index (χ0v) is 17.6. The minimum absolute atomic E-state index is 0.0336. The topological polar surface area (TPSA) is 115 Å². The Kier molecular flexibility index (Phi) is 4.54. The fourth-order valence-corrected chi connectivity index (χ4v) is 6.71. The molecule has 9 nitrogen and oxygen atoms in total. The predicted octanol–water partition coefficient (Wildman–Crippen LogP) is 1.94. The molecule has 0 saturated carbocycles. The molecule has 5 rings (SSSR count). The summed E-state index contributed by atoms with van der Waals surface area (Å²) in [6, 6.07) is 10.3. The molecule has 10 heteroatoms. The first-order valence-corrected chi connectivity index (χ1v) is 11.5. The number of pyridine rings is 1. The zero-order valence-electron chi connectivity index (χ0n) is 16.8. The van der Waals surface area contributed by atoms with E-state index in [1.165, 1.54) is 7.11 Å². The second-order valence-electron chi connectivity index (χ2n) is 7.81. The van der Waals surface area contributed by atoms with Gasteiger partial charge in [-0.3, -0.25) is 9.78 Å². The van der Waals surface area contributed by atoms with Crippen LogP contribution in [0.15, 0.2) is 53.3 Å². The van der Waals surface area contributed by atoms with Crippen molar-refractivity contribution in [2.75, 3.05) is 26.0 Å². The van der Waals surface area contributed by atoms with E-state index in [9.17, 15) is 13.2 Å². The van der Waals surface area contributed by atoms with Crippen LogP contribution < -0.4 is 4.74 Å². The Bertz CT molecular complexity index is 1240. The quantitative estimate of drug-likeness (QED) is 0.604. The minimum Gasteiger partial charge on any atom is -0.497 e. The molecule has 3 aromatic rings. The normalized spacial score (nSPS) is 21.1. The van der Waals surface area contributed by atoms with Crippen molar-refractivity contribution in [3.05, 3.63) is 60.2 Å². The van der Waals surface area contributed by atoms with E-state index >= 15 is 0 Å². The van der Waals surface area contributed by atoms with Gasteiger partial charge in [-0.25, -0.2) is 8.42 Å². The summed E-state index contributed by atoms with van der Waals surface area (Å²) in [7, 11) is -1.89. The molecule has 0 N–H and O–H groups in total. The Morgan fingerprint density at radius 1 is 1.23 bits per heavy atom. The van der Waals surface area contributed by atoms with E-state index < -0.39 is 20.5 Å². The summed E-state index contributed by atoms with van der Waals surface area (Å²) in [5.74, 6) is 0.610. The number of sulfone groups is 1. The monoisotopic (exact) mass is 440 g/mol. The Morgan fingerprint density at radius 3 is 2.74 bits per heavy atom. The van der Waals surface area contributed by atoms with Crippen molar-refractivity contribution >= 4 is 15.7 Å². The number of benzene rings is 1. The second kappa shape index (κ2) is 7.16. The number of hydrogen-bond acceptors (Lipinski definition) is 8. The van der Waals surface area contributed by atoms with Crippen molar-refractivity contribution in [3.8, 4) is 17.1 Å². The van der Waals surface area contributed by atoms with Gasteiger partial charge in [-0.2, -0.15) is 4.98 Å². The molecule has 1 amide bonds. The molecule has 1 aromatic carbocycles. The maximum absolute atomic E-state index is 13.0. The summed E-state index contributed by atoms with van der Waals surface area (Å²) < 4.78 is 35.5. The van der Waals surface area contributed by atoms with Crippen LogP contribution in [-0.4, -0.2) is 65.0 Å². The zero-order chi connectivity index (χ0) is 21.6. The van der Waals surface area contributed by atoms with E-state index in [1.807, 2.05) is 0 Å². The molecule has 4 heterocycles. The van der Waals surface area contributed by atoms with Crippen molar-refractivity contribution in [2.24, 2.45) is 0 Å². The number of rotatable bonds is 4. The molecule has 2 aromatic heterocycles. The standard InChI is InChI=1S/C21H20N4O5S/c1-29-16-4-2-3-15(11-16)20(26)25-12-21(13-25)17(7-10-31(21,27)28)19-23-18(24-30-19)14-5-8-22-9-6-14/h2-6,8-9,11,17H,7,10,12-13H2,1H3. The molecule has 0 bridgehead atoms. The van der Waals surface area contributed by atoms with Crippen LogP contribution in [0, 0.1) is 0 Å². The van der Waals surface area contributed by atoms with E-state index in [-0.39, 0.29) is 24.7 Å². The van der Waals surface area contributed by atoms with Crippen molar-refractivity contribution in [1.82, 2.24) is 20.0 Å². The van der Waals surface area contributed by atoms with Gasteiger partial charge in [0.25, 0.3) is 5.91 Å². The maximum atomic E-state index is 13.0. The fourth-order valence-electron chi connectivity index (χ4n) is 4.40. The van der Waals surface area contributed by atoms with Gasteiger partial charge in [0.2, 0.25) is 11.7 Å². The molecule has 2 aliphatic rings. The Balaban J connectivity index is 1.40. The number of aromatic nitrogens is 3. The van der Waals surface area contributed by atoms with Crippen molar-refractivity contribution in [1.29, 1.82) is 0 Å². The molecule has 2 saturated heterocycles. The SMILES string of the molecule is COc1cccc(C(=O)N2CC3(C2)C(c2nc(-c4ccncc4)no2)CCS3(=O)=O)c1. The number of carbonyl (C=O) groups excluding carboxylic acids is 1. The maximum Gasteiger partial charge on any atom is 0.254 e. The molecule has 0 aliphatic carbocycles. The fraction of sp³-hybridized carbons (Fsp3) is 0.333. The molecular formula is C21H20N4O5S. The van der Waals surface area contributed by atoms with E-state index in [1.54, 1.807) is 53.7 Å². The second-order valence-corrected chi connectivity index (χ2v) is 10.3. The van der Waals surface area contributed by atoms with Gasteiger partial charge < -0.3 is 14.2 Å². The highest BCUT2D eigenvalue weighted by molar-refractivity contribution is 7.93. The number of hydrogen-bond donors (Lipinski definition) is 0. The van der Waals surface area contributed by atoms with Crippen molar-refractivity contribution < 1.29 is 22.5 Å². The lowest BCUT2D eigenvalue weighted by atomic mass is 9.82. The van der Waals surface area contributed by atoms with Gasteiger partial charge in [-0.15, -0.1) is 0 Å². The molecule has 2 fully saturated rings. The number of amides is 1. The van der Waals surface area contributed by atoms with Gasteiger partial charge in [-0.1, -0.05) is 11.2 Å². The molecule has 2 aliphatic heterocycles. The first-order valence-electron chi connectivity index (χ1n) is 9.83. The summed E-state index contributed by atoms with van der Waals surface area (Å²) >= 11 is 0. The Labute approximate surface area is 179 Å². The van der Waals surface area contributed by atoms with Gasteiger partial charge in [0.1, 0.15) is 10.5 Å². The lowest BCUT2D eigenvalue weighted by Gasteiger charge is -2.49.